The van der Waals surface area contributed by atoms with Crippen molar-refractivity contribution in [2.45, 2.75) is 52.7 Å². The number of rotatable bonds is 10. The van der Waals surface area contributed by atoms with Crippen molar-refractivity contribution in [3.05, 3.63) is 62.6 Å². The molecule has 11 heteroatoms. The van der Waals surface area contributed by atoms with Crippen LogP contribution in [-0.2, 0) is 26.2 Å². The van der Waals surface area contributed by atoms with E-state index in [0.29, 0.717) is 27.1 Å². The molecule has 0 heterocycles. The maximum Gasteiger partial charge on any atom is 0.244 e. The Morgan fingerprint density at radius 1 is 1.00 bits per heavy atom. The van der Waals surface area contributed by atoms with Gasteiger partial charge in [0.05, 0.1) is 22.0 Å². The number of hydrogen-bond donors (Lipinski definition) is 1. The van der Waals surface area contributed by atoms with E-state index in [1.54, 1.807) is 44.2 Å². The summed E-state index contributed by atoms with van der Waals surface area (Å²) in [7, 11) is -3.84. The third kappa shape index (κ3) is 8.00. The first kappa shape index (κ1) is 29.2. The first-order valence-electron chi connectivity index (χ1n) is 11.0. The number of aryl methyl sites for hydroxylation is 1. The summed E-state index contributed by atoms with van der Waals surface area (Å²) >= 11 is 18.4. The summed E-state index contributed by atoms with van der Waals surface area (Å²) < 4.78 is 26.3. The van der Waals surface area contributed by atoms with Gasteiger partial charge in [0.1, 0.15) is 12.6 Å². The molecule has 7 nitrogen and oxygen atoms in total. The molecule has 192 valence electrons. The molecule has 2 aromatic carbocycles. The third-order valence-electron chi connectivity index (χ3n) is 5.28. The Morgan fingerprint density at radius 2 is 1.66 bits per heavy atom. The van der Waals surface area contributed by atoms with Gasteiger partial charge in [0.15, 0.2) is 0 Å². The fourth-order valence-electron chi connectivity index (χ4n) is 3.49. The second-order valence-electron chi connectivity index (χ2n) is 8.56. The van der Waals surface area contributed by atoms with Gasteiger partial charge < -0.3 is 10.2 Å². The number of halogens is 3. The quantitative estimate of drug-likeness (QED) is 0.439. The number of hydrogen-bond acceptors (Lipinski definition) is 4. The zero-order valence-corrected chi connectivity index (χ0v) is 23.4. The number of nitrogens with zero attached hydrogens (tertiary/aromatic N) is 2. The predicted molar refractivity (Wildman–Crippen MR) is 143 cm³/mol. The van der Waals surface area contributed by atoms with Gasteiger partial charge in [0, 0.05) is 17.6 Å². The Kier molecular flexibility index (Phi) is 10.3. The van der Waals surface area contributed by atoms with E-state index in [0.717, 1.165) is 16.1 Å². The number of amides is 2. The van der Waals surface area contributed by atoms with Crippen LogP contribution in [0.1, 0.15) is 38.3 Å². The lowest BCUT2D eigenvalue weighted by Gasteiger charge is -2.33. The first-order valence-corrected chi connectivity index (χ1v) is 14.0. The van der Waals surface area contributed by atoms with E-state index in [2.05, 4.69) is 5.32 Å². The Labute approximate surface area is 222 Å². The lowest BCUT2D eigenvalue weighted by atomic mass is 10.1. The molecule has 2 rings (SSSR count). The van der Waals surface area contributed by atoms with Crippen LogP contribution in [0.25, 0.3) is 0 Å². The van der Waals surface area contributed by atoms with Gasteiger partial charge in [-0.05, 0) is 62.6 Å². The molecule has 1 N–H and O–H groups in total. The summed E-state index contributed by atoms with van der Waals surface area (Å²) in [6.45, 7) is 6.75. The molecule has 0 aromatic heterocycles. The maximum absolute atomic E-state index is 13.6. The van der Waals surface area contributed by atoms with Crippen molar-refractivity contribution in [3.8, 4) is 0 Å². The van der Waals surface area contributed by atoms with Gasteiger partial charge in [-0.1, -0.05) is 53.9 Å². The van der Waals surface area contributed by atoms with Crippen molar-refractivity contribution in [1.82, 2.24) is 10.2 Å². The molecular weight excluding hydrogens is 533 g/mol. The number of carbonyl (C=O) groups is 2. The van der Waals surface area contributed by atoms with Gasteiger partial charge in [-0.15, -0.1) is 0 Å². The van der Waals surface area contributed by atoms with Crippen LogP contribution in [0.2, 0.25) is 15.1 Å². The largest absolute Gasteiger partial charge is 0.352 e. The molecule has 0 spiro atoms. The van der Waals surface area contributed by atoms with Crippen LogP contribution in [0.4, 0.5) is 5.69 Å². The highest BCUT2D eigenvalue weighted by Gasteiger charge is 2.32. The van der Waals surface area contributed by atoms with Crippen molar-refractivity contribution in [3.63, 3.8) is 0 Å². The second kappa shape index (κ2) is 12.3. The summed E-state index contributed by atoms with van der Waals surface area (Å²) in [5, 5.41) is 3.88. The van der Waals surface area contributed by atoms with Crippen LogP contribution in [0, 0.1) is 6.92 Å². The van der Waals surface area contributed by atoms with Crippen LogP contribution in [0.5, 0.6) is 0 Å². The van der Waals surface area contributed by atoms with E-state index in [1.807, 2.05) is 13.8 Å². The van der Waals surface area contributed by atoms with Crippen LogP contribution in [0.3, 0.4) is 0 Å². The Morgan fingerprint density at radius 3 is 2.17 bits per heavy atom. The number of nitrogens with one attached hydrogen (secondary N) is 1. The molecule has 0 bridgehead atoms. The average Bonchev–Trinajstić information content (AvgIpc) is 2.75. The lowest BCUT2D eigenvalue weighted by Crippen LogP contribution is -2.53. The number of carbonyl (C=O) groups excluding carboxylic acids is 2. The number of anilines is 1. The Hall–Kier alpha value is -2.00. The topological polar surface area (TPSA) is 86.8 Å². The molecule has 0 unspecified atom stereocenters. The van der Waals surface area contributed by atoms with E-state index in [1.165, 1.54) is 11.0 Å². The van der Waals surface area contributed by atoms with Gasteiger partial charge in [0.25, 0.3) is 0 Å². The first-order chi connectivity index (χ1) is 16.2. The molecular formula is C24H30Cl3N3O4S. The lowest BCUT2D eigenvalue weighted by molar-refractivity contribution is -0.140. The zero-order chi connectivity index (χ0) is 26.5. The van der Waals surface area contributed by atoms with Crippen molar-refractivity contribution >= 4 is 62.3 Å². The molecule has 2 aromatic rings. The zero-order valence-electron chi connectivity index (χ0n) is 20.3. The van der Waals surface area contributed by atoms with E-state index >= 15 is 0 Å². The van der Waals surface area contributed by atoms with Gasteiger partial charge in [0.2, 0.25) is 21.8 Å². The van der Waals surface area contributed by atoms with Gasteiger partial charge in [-0.3, -0.25) is 13.9 Å². The van der Waals surface area contributed by atoms with Crippen LogP contribution >= 0.6 is 34.8 Å². The normalized spacial score (nSPS) is 12.4. The molecule has 0 radical (unpaired) electrons. The third-order valence-corrected chi connectivity index (χ3v) is 7.56. The van der Waals surface area contributed by atoms with E-state index in [9.17, 15) is 18.0 Å². The molecule has 35 heavy (non-hydrogen) atoms. The van der Waals surface area contributed by atoms with Gasteiger partial charge in [-0.2, -0.15) is 0 Å². The molecule has 0 saturated heterocycles. The fourth-order valence-corrected chi connectivity index (χ4v) is 4.82. The minimum absolute atomic E-state index is 0.0337. The number of benzene rings is 2. The molecule has 1 atom stereocenters. The minimum atomic E-state index is -3.84. The van der Waals surface area contributed by atoms with Crippen molar-refractivity contribution in [2.75, 3.05) is 17.1 Å². The minimum Gasteiger partial charge on any atom is -0.352 e. The average molecular weight is 563 g/mol. The van der Waals surface area contributed by atoms with Crippen molar-refractivity contribution < 1.29 is 18.0 Å². The van der Waals surface area contributed by atoms with Gasteiger partial charge >= 0.3 is 0 Å². The SMILES string of the molecule is CC[C@H](C(=O)NC(C)C)N(Cc1ccc(Cl)c(Cl)c1)C(=O)CN(c1ccc(C)c(Cl)c1)S(C)(=O)=O. The van der Waals surface area contributed by atoms with Crippen LogP contribution in [0.15, 0.2) is 36.4 Å². The molecule has 0 aliphatic carbocycles. The number of sulfonamides is 1. The Balaban J connectivity index is 2.48. The predicted octanol–water partition coefficient (Wildman–Crippen LogP) is 5.05. The highest BCUT2D eigenvalue weighted by molar-refractivity contribution is 7.92. The van der Waals surface area contributed by atoms with Crippen LogP contribution < -0.4 is 9.62 Å². The standard InChI is InChI=1S/C24H30Cl3N3O4S/c1-6-22(24(32)28-15(2)3)29(13-17-8-10-19(25)21(27)11-17)23(31)14-30(35(5,33)34)18-9-7-16(4)20(26)12-18/h7-12,15,22H,6,13-14H2,1-5H3,(H,28,32)/t22-/m1/s1. The fraction of sp³-hybridized carbons (Fsp3) is 0.417. The maximum atomic E-state index is 13.6. The van der Waals surface area contributed by atoms with E-state index in [-0.39, 0.29) is 24.2 Å². The summed E-state index contributed by atoms with van der Waals surface area (Å²) in [6, 6.07) is 8.72. The molecule has 0 fully saturated rings. The summed E-state index contributed by atoms with van der Waals surface area (Å²) in [6.07, 6.45) is 1.33. The molecule has 2 amide bonds. The summed E-state index contributed by atoms with van der Waals surface area (Å²) in [4.78, 5) is 28.0. The Bertz CT molecular complexity index is 1190. The molecule has 0 aliphatic heterocycles. The van der Waals surface area contributed by atoms with Crippen molar-refractivity contribution in [2.24, 2.45) is 0 Å². The van der Waals surface area contributed by atoms with Crippen molar-refractivity contribution in [1.29, 1.82) is 0 Å². The highest BCUT2D eigenvalue weighted by Crippen LogP contribution is 2.27. The monoisotopic (exact) mass is 561 g/mol. The van der Waals surface area contributed by atoms with E-state index < -0.39 is 28.5 Å². The highest BCUT2D eigenvalue weighted by atomic mass is 35.5. The van der Waals surface area contributed by atoms with Crippen LogP contribution in [-0.4, -0.2) is 50.0 Å². The summed E-state index contributed by atoms with van der Waals surface area (Å²) in [5.74, 6) is -0.885. The smallest absolute Gasteiger partial charge is 0.244 e. The summed E-state index contributed by atoms with van der Waals surface area (Å²) in [5.41, 5.74) is 1.67. The van der Waals surface area contributed by atoms with Gasteiger partial charge in [-0.25, -0.2) is 8.42 Å². The molecule has 0 aliphatic rings. The second-order valence-corrected chi connectivity index (χ2v) is 11.7. The molecule has 0 saturated carbocycles. The van der Waals surface area contributed by atoms with E-state index in [4.69, 9.17) is 34.8 Å².